The normalized spacial score (nSPS) is 32.2. The first kappa shape index (κ1) is 13.7. The number of anilines is 1. The van der Waals surface area contributed by atoms with Crippen molar-refractivity contribution in [3.05, 3.63) is 29.3 Å². The summed E-state index contributed by atoms with van der Waals surface area (Å²) >= 11 is 6.04. The van der Waals surface area contributed by atoms with Crippen molar-refractivity contribution in [3.63, 3.8) is 0 Å². The summed E-state index contributed by atoms with van der Waals surface area (Å²) in [6, 6.07) is 7.92. The smallest absolute Gasteiger partial charge is 0.0523 e. The Labute approximate surface area is 115 Å². The minimum atomic E-state index is 0.0162. The third kappa shape index (κ3) is 2.81. The van der Waals surface area contributed by atoms with Crippen LogP contribution >= 0.6 is 11.6 Å². The molecule has 0 heterocycles. The van der Waals surface area contributed by atoms with E-state index in [1.165, 1.54) is 12.8 Å². The van der Waals surface area contributed by atoms with E-state index >= 15 is 0 Å². The second-order valence-electron chi connectivity index (χ2n) is 5.78. The molecule has 3 unspecified atom stereocenters. The van der Waals surface area contributed by atoms with Gasteiger partial charge in [-0.1, -0.05) is 37.9 Å². The van der Waals surface area contributed by atoms with Crippen molar-refractivity contribution >= 4 is 17.3 Å². The van der Waals surface area contributed by atoms with Gasteiger partial charge in [0.15, 0.2) is 0 Å². The number of hydrogen-bond donors (Lipinski definition) is 2. The molecule has 0 saturated heterocycles. The van der Waals surface area contributed by atoms with Gasteiger partial charge in [-0.15, -0.1) is 0 Å². The molecule has 1 aliphatic rings. The summed E-state index contributed by atoms with van der Waals surface area (Å²) in [5, 5.41) is 4.42. The lowest BCUT2D eigenvalue weighted by Gasteiger charge is -2.45. The summed E-state index contributed by atoms with van der Waals surface area (Å²) in [5.41, 5.74) is 7.18. The molecule has 3 heteroatoms. The summed E-state index contributed by atoms with van der Waals surface area (Å²) < 4.78 is 0. The van der Waals surface area contributed by atoms with Crippen molar-refractivity contribution < 1.29 is 0 Å². The third-order valence-electron chi connectivity index (χ3n) is 4.33. The average molecular weight is 267 g/mol. The second-order valence-corrected chi connectivity index (χ2v) is 6.22. The highest BCUT2D eigenvalue weighted by molar-refractivity contribution is 6.30. The standard InChI is InChI=1S/C15H23ClN2/c1-11-6-7-12(2)15(9-11,10-17)18-14-5-3-4-13(16)8-14/h3-5,8,11-12,18H,6-7,9-10,17H2,1-2H3. The highest BCUT2D eigenvalue weighted by Crippen LogP contribution is 2.38. The predicted octanol–water partition coefficient (Wildman–Crippen LogP) is 3.91. The van der Waals surface area contributed by atoms with Gasteiger partial charge in [0.1, 0.15) is 0 Å². The molecule has 2 rings (SSSR count). The van der Waals surface area contributed by atoms with E-state index in [0.717, 1.165) is 23.0 Å². The Kier molecular flexibility index (Phi) is 4.18. The van der Waals surface area contributed by atoms with Crippen LogP contribution in [0.25, 0.3) is 0 Å². The van der Waals surface area contributed by atoms with Crippen molar-refractivity contribution in [2.75, 3.05) is 11.9 Å². The average Bonchev–Trinajstić information content (AvgIpc) is 2.34. The maximum atomic E-state index is 6.08. The predicted molar refractivity (Wildman–Crippen MR) is 79.0 cm³/mol. The molecule has 0 bridgehead atoms. The van der Waals surface area contributed by atoms with Gasteiger partial charge >= 0.3 is 0 Å². The van der Waals surface area contributed by atoms with Gasteiger partial charge in [-0.3, -0.25) is 0 Å². The molecule has 3 N–H and O–H groups in total. The Balaban J connectivity index is 2.21. The van der Waals surface area contributed by atoms with Gasteiger partial charge in [0.2, 0.25) is 0 Å². The van der Waals surface area contributed by atoms with Crippen LogP contribution in [-0.2, 0) is 0 Å². The zero-order valence-corrected chi connectivity index (χ0v) is 12.0. The van der Waals surface area contributed by atoms with Crippen LogP contribution in [0.5, 0.6) is 0 Å². The Morgan fingerprint density at radius 3 is 2.83 bits per heavy atom. The maximum Gasteiger partial charge on any atom is 0.0523 e. The maximum absolute atomic E-state index is 6.08. The SMILES string of the molecule is CC1CCC(C)C(CN)(Nc2cccc(Cl)c2)C1. The number of hydrogen-bond acceptors (Lipinski definition) is 2. The first-order chi connectivity index (χ1) is 8.55. The molecule has 0 spiro atoms. The van der Waals surface area contributed by atoms with E-state index in [9.17, 15) is 0 Å². The minimum Gasteiger partial charge on any atom is -0.378 e. The molecule has 1 fully saturated rings. The van der Waals surface area contributed by atoms with E-state index in [2.05, 4.69) is 25.2 Å². The fourth-order valence-corrected chi connectivity index (χ4v) is 3.29. The zero-order valence-electron chi connectivity index (χ0n) is 11.2. The number of halogens is 1. The molecule has 100 valence electrons. The summed E-state index contributed by atoms with van der Waals surface area (Å²) in [7, 11) is 0. The van der Waals surface area contributed by atoms with Crippen molar-refractivity contribution in [1.82, 2.24) is 0 Å². The number of rotatable bonds is 3. The topological polar surface area (TPSA) is 38.0 Å². The van der Waals surface area contributed by atoms with Gasteiger partial charge in [-0.2, -0.15) is 0 Å². The first-order valence-corrected chi connectivity index (χ1v) is 7.17. The summed E-state index contributed by atoms with van der Waals surface area (Å²) in [5.74, 6) is 1.33. The quantitative estimate of drug-likeness (QED) is 0.871. The molecule has 0 aliphatic heterocycles. The third-order valence-corrected chi connectivity index (χ3v) is 4.57. The first-order valence-electron chi connectivity index (χ1n) is 6.79. The van der Waals surface area contributed by atoms with Crippen molar-refractivity contribution in [3.8, 4) is 0 Å². The monoisotopic (exact) mass is 266 g/mol. The molecule has 0 aromatic heterocycles. The number of nitrogens with one attached hydrogen (secondary N) is 1. The fraction of sp³-hybridized carbons (Fsp3) is 0.600. The Hall–Kier alpha value is -0.730. The van der Waals surface area contributed by atoms with Gasteiger partial charge < -0.3 is 11.1 Å². The highest BCUT2D eigenvalue weighted by Gasteiger charge is 2.39. The Morgan fingerprint density at radius 2 is 2.17 bits per heavy atom. The van der Waals surface area contributed by atoms with Crippen LogP contribution in [0.2, 0.25) is 5.02 Å². The second kappa shape index (κ2) is 5.50. The van der Waals surface area contributed by atoms with Crippen LogP contribution in [0, 0.1) is 11.8 Å². The van der Waals surface area contributed by atoms with E-state index in [1.54, 1.807) is 0 Å². The molecular weight excluding hydrogens is 244 g/mol. The van der Waals surface area contributed by atoms with Gasteiger partial charge in [0, 0.05) is 17.3 Å². The van der Waals surface area contributed by atoms with E-state index in [-0.39, 0.29) is 5.54 Å². The van der Waals surface area contributed by atoms with Crippen molar-refractivity contribution in [1.29, 1.82) is 0 Å². The molecule has 1 aliphatic carbocycles. The molecule has 0 amide bonds. The summed E-state index contributed by atoms with van der Waals surface area (Å²) in [6.07, 6.45) is 3.68. The molecule has 0 radical (unpaired) electrons. The molecule has 1 aromatic rings. The summed E-state index contributed by atoms with van der Waals surface area (Å²) in [6.45, 7) is 5.29. The molecule has 2 nitrogen and oxygen atoms in total. The minimum absolute atomic E-state index is 0.0162. The van der Waals surface area contributed by atoms with Gasteiger partial charge in [0.25, 0.3) is 0 Å². The van der Waals surface area contributed by atoms with Crippen LogP contribution in [0.15, 0.2) is 24.3 Å². The molecule has 3 atom stereocenters. The van der Waals surface area contributed by atoms with Crippen LogP contribution in [0.4, 0.5) is 5.69 Å². The number of benzene rings is 1. The Bertz CT molecular complexity index is 407. The van der Waals surface area contributed by atoms with Crippen LogP contribution < -0.4 is 11.1 Å². The largest absolute Gasteiger partial charge is 0.378 e. The lowest BCUT2D eigenvalue weighted by Crippen LogP contribution is -2.54. The van der Waals surface area contributed by atoms with Crippen LogP contribution in [0.1, 0.15) is 33.1 Å². The van der Waals surface area contributed by atoms with E-state index in [1.807, 2.05) is 18.2 Å². The highest BCUT2D eigenvalue weighted by atomic mass is 35.5. The molecule has 1 saturated carbocycles. The van der Waals surface area contributed by atoms with E-state index < -0.39 is 0 Å². The Morgan fingerprint density at radius 1 is 1.39 bits per heavy atom. The van der Waals surface area contributed by atoms with Crippen molar-refractivity contribution in [2.45, 2.75) is 38.6 Å². The zero-order chi connectivity index (χ0) is 13.2. The van der Waals surface area contributed by atoms with Gasteiger partial charge in [-0.05, 0) is 42.9 Å². The van der Waals surface area contributed by atoms with E-state index in [4.69, 9.17) is 17.3 Å². The fourth-order valence-electron chi connectivity index (χ4n) is 3.10. The lowest BCUT2D eigenvalue weighted by molar-refractivity contribution is 0.188. The lowest BCUT2D eigenvalue weighted by atomic mass is 9.69. The van der Waals surface area contributed by atoms with Crippen molar-refractivity contribution in [2.24, 2.45) is 17.6 Å². The van der Waals surface area contributed by atoms with Gasteiger partial charge in [-0.25, -0.2) is 0 Å². The van der Waals surface area contributed by atoms with Crippen LogP contribution in [-0.4, -0.2) is 12.1 Å². The molecule has 18 heavy (non-hydrogen) atoms. The molecular formula is C15H23ClN2. The number of nitrogens with two attached hydrogens (primary N) is 1. The van der Waals surface area contributed by atoms with E-state index in [0.29, 0.717) is 12.5 Å². The molecule has 1 aromatic carbocycles. The summed E-state index contributed by atoms with van der Waals surface area (Å²) in [4.78, 5) is 0. The van der Waals surface area contributed by atoms with Crippen LogP contribution in [0.3, 0.4) is 0 Å². The van der Waals surface area contributed by atoms with Gasteiger partial charge in [0.05, 0.1) is 5.54 Å².